The summed E-state index contributed by atoms with van der Waals surface area (Å²) in [6.07, 6.45) is 0. The highest BCUT2D eigenvalue weighted by molar-refractivity contribution is 6.31. The van der Waals surface area contributed by atoms with E-state index in [9.17, 15) is 4.79 Å². The van der Waals surface area contributed by atoms with Crippen molar-refractivity contribution in [3.8, 4) is 6.07 Å². The van der Waals surface area contributed by atoms with Crippen LogP contribution in [-0.4, -0.2) is 4.57 Å². The van der Waals surface area contributed by atoms with E-state index < -0.39 is 5.41 Å². The Morgan fingerprint density at radius 1 is 1.33 bits per heavy atom. The van der Waals surface area contributed by atoms with Crippen LogP contribution in [0.3, 0.4) is 0 Å². The van der Waals surface area contributed by atoms with Crippen LogP contribution in [0.25, 0.3) is 10.9 Å². The Morgan fingerprint density at radius 2 is 2.00 bits per heavy atom. The third-order valence-electron chi connectivity index (χ3n) is 3.14. The van der Waals surface area contributed by atoms with E-state index in [1.807, 2.05) is 6.07 Å². The molecule has 2 rings (SSSR count). The molecule has 0 fully saturated rings. The predicted molar refractivity (Wildman–Crippen MR) is 72.8 cm³/mol. The number of aryl methyl sites for hydroxylation is 1. The Labute approximate surface area is 110 Å². The molecular weight excluding hydrogens is 248 g/mol. The number of fused-ring (bicyclic) bond motifs is 1. The molecule has 0 spiro atoms. The number of nitriles is 1. The van der Waals surface area contributed by atoms with Crippen LogP contribution >= 0.6 is 11.6 Å². The molecule has 4 heteroatoms. The summed E-state index contributed by atoms with van der Waals surface area (Å²) in [5.41, 5.74) is 0.312. The standard InChI is InChI=1S/C14H13ClN2O/c1-14(2,8-16)11-6-9-4-5-10(15)7-12(9)17(3)13(11)18/h4-7H,1-3H3. The molecule has 18 heavy (non-hydrogen) atoms. The Kier molecular flexibility index (Phi) is 2.92. The predicted octanol–water partition coefficient (Wildman–Crippen LogP) is 2.99. The van der Waals surface area contributed by atoms with Crippen molar-refractivity contribution in [3.05, 3.63) is 45.2 Å². The molecule has 0 saturated carbocycles. The molecule has 0 N–H and O–H groups in total. The van der Waals surface area contributed by atoms with Crippen LogP contribution in [0.15, 0.2) is 29.1 Å². The van der Waals surface area contributed by atoms with E-state index in [0.717, 1.165) is 10.9 Å². The van der Waals surface area contributed by atoms with Crippen LogP contribution in [0.2, 0.25) is 5.02 Å². The fourth-order valence-corrected chi connectivity index (χ4v) is 2.11. The zero-order valence-electron chi connectivity index (χ0n) is 10.5. The quantitative estimate of drug-likeness (QED) is 0.791. The monoisotopic (exact) mass is 260 g/mol. The molecule has 0 aliphatic carbocycles. The maximum absolute atomic E-state index is 12.3. The van der Waals surface area contributed by atoms with Crippen LogP contribution in [0.5, 0.6) is 0 Å². The zero-order valence-corrected chi connectivity index (χ0v) is 11.2. The van der Waals surface area contributed by atoms with Gasteiger partial charge in [0.25, 0.3) is 5.56 Å². The van der Waals surface area contributed by atoms with Crippen LogP contribution in [0.4, 0.5) is 0 Å². The molecule has 0 atom stereocenters. The lowest BCUT2D eigenvalue weighted by molar-refractivity contribution is 0.665. The lowest BCUT2D eigenvalue weighted by Gasteiger charge is -2.17. The molecular formula is C14H13ClN2O. The van der Waals surface area contributed by atoms with E-state index in [-0.39, 0.29) is 5.56 Å². The van der Waals surface area contributed by atoms with E-state index in [1.54, 1.807) is 39.1 Å². The number of pyridine rings is 1. The summed E-state index contributed by atoms with van der Waals surface area (Å²) in [6, 6.07) is 9.32. The summed E-state index contributed by atoms with van der Waals surface area (Å²) in [4.78, 5) is 12.3. The van der Waals surface area contributed by atoms with Gasteiger partial charge in [-0.05, 0) is 37.4 Å². The summed E-state index contributed by atoms with van der Waals surface area (Å²) in [5, 5.41) is 10.7. The van der Waals surface area contributed by atoms with Gasteiger partial charge >= 0.3 is 0 Å². The van der Waals surface area contributed by atoms with Crippen LogP contribution in [0.1, 0.15) is 19.4 Å². The third-order valence-corrected chi connectivity index (χ3v) is 3.38. The molecule has 0 aliphatic heterocycles. The minimum Gasteiger partial charge on any atom is -0.311 e. The molecule has 0 aliphatic rings. The van der Waals surface area contributed by atoms with Crippen molar-refractivity contribution in [3.63, 3.8) is 0 Å². The summed E-state index contributed by atoms with van der Waals surface area (Å²) in [7, 11) is 1.69. The maximum atomic E-state index is 12.3. The number of rotatable bonds is 1. The molecule has 0 bridgehead atoms. The second-order valence-corrected chi connectivity index (χ2v) is 5.30. The first-order chi connectivity index (χ1) is 8.36. The highest BCUT2D eigenvalue weighted by Crippen LogP contribution is 2.24. The van der Waals surface area contributed by atoms with E-state index in [4.69, 9.17) is 16.9 Å². The van der Waals surface area contributed by atoms with Gasteiger partial charge in [-0.3, -0.25) is 4.79 Å². The summed E-state index contributed by atoms with van der Waals surface area (Å²) in [5.74, 6) is 0. The molecule has 92 valence electrons. The molecule has 0 radical (unpaired) electrons. The van der Waals surface area contributed by atoms with Crippen molar-refractivity contribution < 1.29 is 0 Å². The first-order valence-electron chi connectivity index (χ1n) is 5.58. The second kappa shape index (κ2) is 4.15. The maximum Gasteiger partial charge on any atom is 0.255 e. The van der Waals surface area contributed by atoms with Gasteiger partial charge in [0, 0.05) is 17.6 Å². The molecule has 1 aromatic carbocycles. The first-order valence-corrected chi connectivity index (χ1v) is 5.95. The van der Waals surface area contributed by atoms with E-state index >= 15 is 0 Å². The number of aromatic nitrogens is 1. The van der Waals surface area contributed by atoms with Crippen molar-refractivity contribution in [2.45, 2.75) is 19.3 Å². The molecule has 2 aromatic rings. The van der Waals surface area contributed by atoms with Gasteiger partial charge in [-0.2, -0.15) is 5.26 Å². The summed E-state index contributed by atoms with van der Waals surface area (Å²) < 4.78 is 1.54. The molecule has 1 heterocycles. The normalized spacial score (nSPS) is 11.5. The number of benzene rings is 1. The minimum atomic E-state index is -0.803. The fraction of sp³-hybridized carbons (Fsp3) is 0.286. The van der Waals surface area contributed by atoms with Crippen LogP contribution in [-0.2, 0) is 12.5 Å². The van der Waals surface area contributed by atoms with Crippen molar-refractivity contribution in [1.29, 1.82) is 5.26 Å². The first kappa shape index (κ1) is 12.7. The SMILES string of the molecule is Cn1c(=O)c(C(C)(C)C#N)cc2ccc(Cl)cc21. The van der Waals surface area contributed by atoms with Gasteiger partial charge in [-0.15, -0.1) is 0 Å². The van der Waals surface area contributed by atoms with Gasteiger partial charge in [0.15, 0.2) is 0 Å². The minimum absolute atomic E-state index is 0.156. The lowest BCUT2D eigenvalue weighted by atomic mass is 9.86. The van der Waals surface area contributed by atoms with Gasteiger partial charge in [0.05, 0.1) is 17.0 Å². The Hall–Kier alpha value is -1.79. The molecule has 0 unspecified atom stereocenters. The van der Waals surface area contributed by atoms with Gasteiger partial charge < -0.3 is 4.57 Å². The van der Waals surface area contributed by atoms with E-state index in [0.29, 0.717) is 10.6 Å². The summed E-state index contributed by atoms with van der Waals surface area (Å²) in [6.45, 7) is 3.48. The summed E-state index contributed by atoms with van der Waals surface area (Å²) >= 11 is 5.93. The topological polar surface area (TPSA) is 45.8 Å². The Bertz CT molecular complexity index is 723. The van der Waals surface area contributed by atoms with E-state index in [1.165, 1.54) is 4.57 Å². The van der Waals surface area contributed by atoms with E-state index in [2.05, 4.69) is 6.07 Å². The molecule has 3 nitrogen and oxygen atoms in total. The highest BCUT2D eigenvalue weighted by atomic mass is 35.5. The molecule has 1 aromatic heterocycles. The highest BCUT2D eigenvalue weighted by Gasteiger charge is 2.24. The van der Waals surface area contributed by atoms with Crippen molar-refractivity contribution in [1.82, 2.24) is 4.57 Å². The van der Waals surface area contributed by atoms with Gasteiger partial charge in [0.1, 0.15) is 0 Å². The van der Waals surface area contributed by atoms with Gasteiger partial charge in [-0.1, -0.05) is 17.7 Å². The van der Waals surface area contributed by atoms with Crippen molar-refractivity contribution in [2.24, 2.45) is 7.05 Å². The Morgan fingerprint density at radius 3 is 2.61 bits per heavy atom. The van der Waals surface area contributed by atoms with Crippen LogP contribution in [0, 0.1) is 11.3 Å². The van der Waals surface area contributed by atoms with Crippen molar-refractivity contribution >= 4 is 22.5 Å². The molecule has 0 amide bonds. The Balaban J connectivity index is 2.90. The van der Waals surface area contributed by atoms with Crippen molar-refractivity contribution in [2.75, 3.05) is 0 Å². The fourth-order valence-electron chi connectivity index (χ4n) is 1.94. The number of hydrogen-bond donors (Lipinski definition) is 0. The number of hydrogen-bond acceptors (Lipinski definition) is 2. The largest absolute Gasteiger partial charge is 0.311 e. The van der Waals surface area contributed by atoms with Crippen LogP contribution < -0.4 is 5.56 Å². The smallest absolute Gasteiger partial charge is 0.255 e. The average Bonchev–Trinajstić information content (AvgIpc) is 2.34. The van der Waals surface area contributed by atoms with Gasteiger partial charge in [0.2, 0.25) is 0 Å². The number of halogens is 1. The third kappa shape index (κ3) is 1.89. The lowest BCUT2D eigenvalue weighted by Crippen LogP contribution is -2.30. The average molecular weight is 261 g/mol. The number of nitrogens with zero attached hydrogens (tertiary/aromatic N) is 2. The zero-order chi connectivity index (χ0) is 13.5. The molecule has 0 saturated heterocycles. The second-order valence-electron chi connectivity index (χ2n) is 4.86. The van der Waals surface area contributed by atoms with Gasteiger partial charge in [-0.25, -0.2) is 0 Å².